The molecule has 196 valence electrons. The lowest BCUT2D eigenvalue weighted by atomic mass is 9.98. The second kappa shape index (κ2) is 9.96. The fourth-order valence-electron chi connectivity index (χ4n) is 4.76. The number of benzene rings is 3. The van der Waals surface area contributed by atoms with Crippen molar-refractivity contribution in [3.63, 3.8) is 0 Å². The van der Waals surface area contributed by atoms with Gasteiger partial charge in [-0.15, -0.1) is 0 Å². The van der Waals surface area contributed by atoms with E-state index in [1.54, 1.807) is 67.6 Å². The minimum atomic E-state index is -0.817. The van der Waals surface area contributed by atoms with E-state index >= 15 is 0 Å². The average molecular weight is 543 g/mol. The highest BCUT2D eigenvalue weighted by Gasteiger charge is 2.45. The Morgan fingerprint density at radius 1 is 0.974 bits per heavy atom. The number of anilines is 1. The summed E-state index contributed by atoms with van der Waals surface area (Å²) >= 11 is 5.99. The Balaban J connectivity index is 1.46. The van der Waals surface area contributed by atoms with Gasteiger partial charge < -0.3 is 18.4 Å². The molecule has 1 amide bonds. The Morgan fingerprint density at radius 2 is 1.77 bits per heavy atom. The van der Waals surface area contributed by atoms with Crippen molar-refractivity contribution in [3.05, 3.63) is 116 Å². The molecule has 0 spiro atoms. The van der Waals surface area contributed by atoms with Gasteiger partial charge in [-0.1, -0.05) is 47.1 Å². The molecule has 9 heteroatoms. The molecule has 1 aliphatic heterocycles. The van der Waals surface area contributed by atoms with Crippen molar-refractivity contribution in [2.45, 2.75) is 26.5 Å². The van der Waals surface area contributed by atoms with Crippen molar-refractivity contribution in [2.75, 3.05) is 11.5 Å². The van der Waals surface area contributed by atoms with E-state index in [4.69, 9.17) is 30.0 Å². The predicted molar refractivity (Wildman–Crippen MR) is 146 cm³/mol. The summed E-state index contributed by atoms with van der Waals surface area (Å²) in [6, 6.07) is 20.4. The molecular weight excluding hydrogens is 520 g/mol. The first-order valence-electron chi connectivity index (χ1n) is 12.4. The summed E-state index contributed by atoms with van der Waals surface area (Å²) < 4.78 is 23.2. The van der Waals surface area contributed by atoms with Gasteiger partial charge >= 0.3 is 0 Å². The number of carbonyl (C=O) groups excluding carboxylic acids is 1. The number of nitrogens with zero attached hydrogens (tertiary/aromatic N) is 2. The third kappa shape index (κ3) is 4.42. The Morgan fingerprint density at radius 3 is 2.51 bits per heavy atom. The maximum absolute atomic E-state index is 13.7. The van der Waals surface area contributed by atoms with Crippen LogP contribution in [0.15, 0.2) is 86.5 Å². The van der Waals surface area contributed by atoms with E-state index in [9.17, 15) is 9.59 Å². The summed E-state index contributed by atoms with van der Waals surface area (Å²) in [6.07, 6.45) is 0. The normalized spacial score (nSPS) is 14.6. The van der Waals surface area contributed by atoms with Gasteiger partial charge in [-0.25, -0.2) is 0 Å². The van der Waals surface area contributed by atoms with Gasteiger partial charge in [-0.3, -0.25) is 14.5 Å². The van der Waals surface area contributed by atoms with Crippen LogP contribution in [0, 0.1) is 6.92 Å². The van der Waals surface area contributed by atoms with E-state index in [2.05, 4.69) is 5.16 Å². The predicted octanol–water partition coefficient (Wildman–Crippen LogP) is 6.47. The largest absolute Gasteiger partial charge is 0.490 e. The number of amides is 1. The smallest absolute Gasteiger partial charge is 0.296 e. The first kappa shape index (κ1) is 24.8. The number of rotatable bonds is 7. The summed E-state index contributed by atoms with van der Waals surface area (Å²) in [6.45, 7) is 4.30. The number of aromatic nitrogens is 1. The van der Waals surface area contributed by atoms with Crippen LogP contribution in [-0.2, 0) is 6.61 Å². The highest BCUT2D eigenvalue weighted by atomic mass is 35.5. The van der Waals surface area contributed by atoms with Crippen LogP contribution in [0.2, 0.25) is 5.02 Å². The van der Waals surface area contributed by atoms with Gasteiger partial charge in [0.25, 0.3) is 5.91 Å². The minimum Gasteiger partial charge on any atom is -0.490 e. The quantitative estimate of drug-likeness (QED) is 0.232. The summed E-state index contributed by atoms with van der Waals surface area (Å²) in [5.74, 6) is 1.30. The standard InChI is InChI=1S/C30H23ClN2O6/c1-3-36-24-15-19(10-13-23(24)37-16-18-8-11-20(31)12-9-18)27-26-28(34)21-6-4-5-7-22(21)38-29(26)30(35)33(27)25-14-17(2)39-32-25/h4-15,27H,3,16H2,1-2H3/t27-/m0/s1. The number of aryl methyl sites for hydroxylation is 1. The molecule has 3 heterocycles. The van der Waals surface area contributed by atoms with Gasteiger partial charge in [0.2, 0.25) is 5.76 Å². The highest BCUT2D eigenvalue weighted by molar-refractivity contribution is 6.30. The molecule has 1 aliphatic rings. The molecular formula is C30H23ClN2O6. The lowest BCUT2D eigenvalue weighted by Crippen LogP contribution is -2.29. The van der Waals surface area contributed by atoms with Crippen molar-refractivity contribution in [3.8, 4) is 11.5 Å². The molecule has 3 aromatic carbocycles. The van der Waals surface area contributed by atoms with Crippen molar-refractivity contribution in [1.29, 1.82) is 0 Å². The minimum absolute atomic E-state index is 0.0228. The number of hydrogen-bond donors (Lipinski definition) is 0. The maximum atomic E-state index is 13.7. The van der Waals surface area contributed by atoms with E-state index in [0.717, 1.165) is 5.56 Å². The van der Waals surface area contributed by atoms with Crippen LogP contribution in [0.5, 0.6) is 11.5 Å². The summed E-state index contributed by atoms with van der Waals surface area (Å²) in [5.41, 5.74) is 1.86. The van der Waals surface area contributed by atoms with Crippen LogP contribution in [-0.4, -0.2) is 17.7 Å². The lowest BCUT2D eigenvalue weighted by Gasteiger charge is -2.23. The SMILES string of the molecule is CCOc1cc([C@H]2c3c(oc4ccccc4c3=O)C(=O)N2c2cc(C)on2)ccc1OCc1ccc(Cl)cc1. The van der Waals surface area contributed by atoms with Crippen LogP contribution in [0.1, 0.15) is 46.0 Å². The molecule has 5 aromatic rings. The number of carbonyl (C=O) groups is 1. The Labute approximate surface area is 228 Å². The molecule has 0 saturated carbocycles. The van der Waals surface area contributed by atoms with Gasteiger partial charge in [0, 0.05) is 11.1 Å². The van der Waals surface area contributed by atoms with Crippen molar-refractivity contribution in [1.82, 2.24) is 5.16 Å². The number of halogens is 1. The van der Waals surface area contributed by atoms with E-state index < -0.39 is 11.9 Å². The number of fused-ring (bicyclic) bond motifs is 2. The summed E-state index contributed by atoms with van der Waals surface area (Å²) in [7, 11) is 0. The molecule has 2 aromatic heterocycles. The van der Waals surface area contributed by atoms with E-state index in [-0.39, 0.29) is 22.6 Å². The van der Waals surface area contributed by atoms with Crippen LogP contribution in [0.25, 0.3) is 11.0 Å². The summed E-state index contributed by atoms with van der Waals surface area (Å²) in [5, 5.41) is 5.11. The summed E-state index contributed by atoms with van der Waals surface area (Å²) in [4.78, 5) is 28.9. The zero-order valence-corrected chi connectivity index (χ0v) is 21.9. The lowest BCUT2D eigenvalue weighted by molar-refractivity contribution is 0.0969. The van der Waals surface area contributed by atoms with Gasteiger partial charge in [0.15, 0.2) is 22.7 Å². The fraction of sp³-hybridized carbons (Fsp3) is 0.167. The molecule has 0 aliphatic carbocycles. The van der Waals surface area contributed by atoms with Crippen LogP contribution >= 0.6 is 11.6 Å². The topological polar surface area (TPSA) is 95.0 Å². The highest BCUT2D eigenvalue weighted by Crippen LogP contribution is 2.43. The van der Waals surface area contributed by atoms with E-state index in [0.29, 0.717) is 52.0 Å². The van der Waals surface area contributed by atoms with Gasteiger partial charge in [0.1, 0.15) is 18.0 Å². The zero-order valence-electron chi connectivity index (χ0n) is 21.1. The van der Waals surface area contributed by atoms with Crippen LogP contribution < -0.4 is 19.8 Å². The van der Waals surface area contributed by atoms with Gasteiger partial charge in [-0.2, -0.15) is 0 Å². The Bertz CT molecular complexity index is 1760. The molecule has 0 fully saturated rings. The van der Waals surface area contributed by atoms with Crippen LogP contribution in [0.4, 0.5) is 5.82 Å². The third-order valence-electron chi connectivity index (χ3n) is 6.53. The monoisotopic (exact) mass is 542 g/mol. The molecule has 39 heavy (non-hydrogen) atoms. The molecule has 6 rings (SSSR count). The molecule has 0 N–H and O–H groups in total. The van der Waals surface area contributed by atoms with Gasteiger partial charge in [-0.05, 0) is 61.4 Å². The van der Waals surface area contributed by atoms with Crippen molar-refractivity contribution >= 4 is 34.3 Å². The number of ether oxygens (including phenoxy) is 2. The number of hydrogen-bond acceptors (Lipinski definition) is 7. The first-order valence-corrected chi connectivity index (χ1v) is 12.8. The maximum Gasteiger partial charge on any atom is 0.296 e. The second-order valence-electron chi connectivity index (χ2n) is 9.10. The zero-order chi connectivity index (χ0) is 27.1. The van der Waals surface area contributed by atoms with Gasteiger partial charge in [0.05, 0.1) is 23.6 Å². The Kier molecular flexibility index (Phi) is 6.32. The number of para-hydroxylation sites is 1. The third-order valence-corrected chi connectivity index (χ3v) is 6.78. The molecule has 8 nitrogen and oxygen atoms in total. The molecule has 0 saturated heterocycles. The molecule has 0 unspecified atom stereocenters. The molecule has 1 atom stereocenters. The van der Waals surface area contributed by atoms with Crippen LogP contribution in [0.3, 0.4) is 0 Å². The molecule has 0 radical (unpaired) electrons. The van der Waals surface area contributed by atoms with E-state index in [1.807, 2.05) is 19.1 Å². The molecule has 0 bridgehead atoms. The van der Waals surface area contributed by atoms with Crippen molar-refractivity contribution in [2.24, 2.45) is 0 Å². The van der Waals surface area contributed by atoms with Crippen molar-refractivity contribution < 1.29 is 23.2 Å². The average Bonchev–Trinajstić information content (AvgIpc) is 3.49. The second-order valence-corrected chi connectivity index (χ2v) is 9.53. The fourth-order valence-corrected chi connectivity index (χ4v) is 4.89. The Hall–Kier alpha value is -4.56. The first-order chi connectivity index (χ1) is 18.9. The van der Waals surface area contributed by atoms with E-state index in [1.165, 1.54) is 4.90 Å².